The minimum Gasteiger partial charge on any atom is -0.343 e. The molecule has 1 atom stereocenters. The number of nitrogens with one attached hydrogen (secondary N) is 1. The average molecular weight is 436 g/mol. The van der Waals surface area contributed by atoms with Gasteiger partial charge < -0.3 is 5.32 Å². The van der Waals surface area contributed by atoms with Gasteiger partial charge in [0.25, 0.3) is 5.91 Å². The first kappa shape index (κ1) is 16.6. The molecule has 0 saturated carbocycles. The number of carbonyl (C=O) groups is 1. The quantitative estimate of drug-likeness (QED) is 0.626. The molecule has 7 heteroatoms. The predicted molar refractivity (Wildman–Crippen MR) is 95.8 cm³/mol. The number of hydrogen-bond acceptors (Lipinski definition) is 3. The smallest absolute Gasteiger partial charge is 0.252 e. The van der Waals surface area contributed by atoms with E-state index in [1.807, 2.05) is 52.9 Å². The van der Waals surface area contributed by atoms with Gasteiger partial charge in [-0.2, -0.15) is 5.10 Å². The molecule has 1 unspecified atom stereocenters. The average Bonchev–Trinajstić information content (AvgIpc) is 3.08. The van der Waals surface area contributed by atoms with Crippen LogP contribution in [-0.2, 0) is 6.54 Å². The second-order valence-corrected chi connectivity index (χ2v) is 6.34. The summed E-state index contributed by atoms with van der Waals surface area (Å²) < 4.78 is 15.5. The maximum atomic E-state index is 13.2. The van der Waals surface area contributed by atoms with E-state index in [4.69, 9.17) is 0 Å². The van der Waals surface area contributed by atoms with Crippen LogP contribution in [0.15, 0.2) is 61.2 Å². The first-order valence-electron chi connectivity index (χ1n) is 7.27. The Morgan fingerprint density at radius 2 is 2.04 bits per heavy atom. The van der Waals surface area contributed by atoms with Crippen molar-refractivity contribution >= 4 is 28.5 Å². The van der Waals surface area contributed by atoms with Crippen molar-refractivity contribution in [3.63, 3.8) is 0 Å². The summed E-state index contributed by atoms with van der Waals surface area (Å²) in [6, 6.07) is 13.5. The highest BCUT2D eigenvalue weighted by atomic mass is 127. The molecule has 1 amide bonds. The summed E-state index contributed by atoms with van der Waals surface area (Å²) in [5.41, 5.74) is 1.40. The second-order valence-electron chi connectivity index (χ2n) is 5.18. The summed E-state index contributed by atoms with van der Waals surface area (Å²) in [7, 11) is 0. The van der Waals surface area contributed by atoms with Gasteiger partial charge in [0.05, 0.1) is 18.2 Å². The Hall–Kier alpha value is -2.29. The van der Waals surface area contributed by atoms with Crippen molar-refractivity contribution in [1.29, 1.82) is 0 Å². The van der Waals surface area contributed by atoms with Gasteiger partial charge in [-0.1, -0.05) is 30.3 Å². The van der Waals surface area contributed by atoms with E-state index in [0.717, 1.165) is 5.56 Å². The van der Waals surface area contributed by atoms with E-state index in [1.165, 1.54) is 24.5 Å². The van der Waals surface area contributed by atoms with Crippen LogP contribution in [0.25, 0.3) is 0 Å². The highest BCUT2D eigenvalue weighted by Gasteiger charge is 2.18. The molecule has 24 heavy (non-hydrogen) atoms. The van der Waals surface area contributed by atoms with Crippen molar-refractivity contribution in [3.8, 4) is 0 Å². The molecule has 0 spiro atoms. The van der Waals surface area contributed by atoms with Crippen molar-refractivity contribution in [1.82, 2.24) is 20.1 Å². The van der Waals surface area contributed by atoms with Crippen molar-refractivity contribution in [2.45, 2.75) is 12.6 Å². The van der Waals surface area contributed by atoms with Crippen LogP contribution in [0.4, 0.5) is 4.39 Å². The van der Waals surface area contributed by atoms with Gasteiger partial charge in [0.1, 0.15) is 18.5 Å². The topological polar surface area (TPSA) is 59.8 Å². The van der Waals surface area contributed by atoms with Crippen LogP contribution < -0.4 is 5.32 Å². The lowest BCUT2D eigenvalue weighted by atomic mass is 10.1. The lowest BCUT2D eigenvalue weighted by molar-refractivity contribution is 0.0931. The van der Waals surface area contributed by atoms with Crippen molar-refractivity contribution in [2.24, 2.45) is 0 Å². The molecule has 0 radical (unpaired) electrons. The third kappa shape index (κ3) is 3.97. The Bertz CT molecular complexity index is 824. The van der Waals surface area contributed by atoms with E-state index in [2.05, 4.69) is 15.4 Å². The molecule has 1 heterocycles. The highest BCUT2D eigenvalue weighted by Crippen LogP contribution is 2.18. The van der Waals surface area contributed by atoms with E-state index in [-0.39, 0.29) is 17.8 Å². The maximum Gasteiger partial charge on any atom is 0.252 e. The van der Waals surface area contributed by atoms with Crippen molar-refractivity contribution < 1.29 is 9.18 Å². The minimum absolute atomic E-state index is 0.256. The fourth-order valence-corrected chi connectivity index (χ4v) is 3.07. The fraction of sp³-hybridized carbons (Fsp3) is 0.118. The molecule has 0 aliphatic rings. The van der Waals surface area contributed by atoms with Gasteiger partial charge in [-0.05, 0) is 46.4 Å². The summed E-state index contributed by atoms with van der Waals surface area (Å²) in [4.78, 5) is 16.5. The van der Waals surface area contributed by atoms with Crippen LogP contribution in [-0.4, -0.2) is 20.7 Å². The molecule has 3 aromatic rings. The van der Waals surface area contributed by atoms with Gasteiger partial charge in [-0.3, -0.25) is 9.48 Å². The standard InChI is InChI=1S/C17H14FIN4O/c18-13-6-7-14(15(19)8-13)17(24)22-16(9-23-11-20-10-21-23)12-4-2-1-3-5-12/h1-8,10-11,16H,9H2,(H,22,24). The van der Waals surface area contributed by atoms with E-state index in [9.17, 15) is 9.18 Å². The molecule has 0 saturated heterocycles. The number of benzene rings is 2. The van der Waals surface area contributed by atoms with Gasteiger partial charge in [0.2, 0.25) is 0 Å². The molecule has 5 nitrogen and oxygen atoms in total. The Kier molecular flexibility index (Phi) is 5.19. The second kappa shape index (κ2) is 7.52. The lowest BCUT2D eigenvalue weighted by Crippen LogP contribution is -2.32. The summed E-state index contributed by atoms with van der Waals surface area (Å²) in [6.45, 7) is 0.452. The zero-order valence-corrected chi connectivity index (χ0v) is 14.7. The summed E-state index contributed by atoms with van der Waals surface area (Å²) in [5, 5.41) is 7.09. The molecule has 122 valence electrons. The lowest BCUT2D eigenvalue weighted by Gasteiger charge is -2.19. The maximum absolute atomic E-state index is 13.2. The Balaban J connectivity index is 1.84. The number of aromatic nitrogens is 3. The zero-order valence-electron chi connectivity index (χ0n) is 12.6. The third-order valence-corrected chi connectivity index (χ3v) is 4.41. The zero-order chi connectivity index (χ0) is 16.9. The minimum atomic E-state index is -0.363. The summed E-state index contributed by atoms with van der Waals surface area (Å²) in [6.07, 6.45) is 3.05. The molecule has 2 aromatic carbocycles. The fourth-order valence-electron chi connectivity index (χ4n) is 2.34. The van der Waals surface area contributed by atoms with Crippen LogP contribution >= 0.6 is 22.6 Å². The van der Waals surface area contributed by atoms with Crippen LogP contribution in [0.3, 0.4) is 0 Å². The van der Waals surface area contributed by atoms with Gasteiger partial charge in [0, 0.05) is 3.57 Å². The molecule has 1 N–H and O–H groups in total. The Labute approximate surface area is 152 Å². The number of amides is 1. The number of halogens is 2. The number of rotatable bonds is 5. The Morgan fingerprint density at radius 1 is 1.25 bits per heavy atom. The van der Waals surface area contributed by atoms with Crippen molar-refractivity contribution in [3.05, 3.63) is 81.7 Å². The monoisotopic (exact) mass is 436 g/mol. The van der Waals surface area contributed by atoms with E-state index in [0.29, 0.717) is 15.7 Å². The summed E-state index contributed by atoms with van der Waals surface area (Å²) >= 11 is 1.96. The third-order valence-electron chi connectivity index (χ3n) is 3.52. The van der Waals surface area contributed by atoms with E-state index < -0.39 is 0 Å². The van der Waals surface area contributed by atoms with Crippen LogP contribution in [0.1, 0.15) is 22.0 Å². The molecular formula is C17H14FIN4O. The van der Waals surface area contributed by atoms with E-state index >= 15 is 0 Å². The Morgan fingerprint density at radius 3 is 2.71 bits per heavy atom. The first-order valence-corrected chi connectivity index (χ1v) is 8.34. The van der Waals surface area contributed by atoms with Gasteiger partial charge in [0.15, 0.2) is 0 Å². The number of carbonyl (C=O) groups excluding carboxylic acids is 1. The highest BCUT2D eigenvalue weighted by molar-refractivity contribution is 14.1. The molecule has 0 bridgehead atoms. The molecular weight excluding hydrogens is 422 g/mol. The van der Waals surface area contributed by atoms with Crippen LogP contribution in [0.5, 0.6) is 0 Å². The summed E-state index contributed by atoms with van der Waals surface area (Å²) in [5.74, 6) is -0.619. The first-order chi connectivity index (χ1) is 11.6. The SMILES string of the molecule is O=C(NC(Cn1cncn1)c1ccccc1)c1ccc(F)cc1I. The largest absolute Gasteiger partial charge is 0.343 e. The van der Waals surface area contributed by atoms with E-state index in [1.54, 1.807) is 11.0 Å². The molecule has 0 fully saturated rings. The number of hydrogen-bond donors (Lipinski definition) is 1. The predicted octanol–water partition coefficient (Wildman–Crippen LogP) is 3.19. The van der Waals surface area contributed by atoms with Crippen molar-refractivity contribution in [2.75, 3.05) is 0 Å². The molecule has 1 aromatic heterocycles. The van der Waals surface area contributed by atoms with Gasteiger partial charge in [-0.15, -0.1) is 0 Å². The number of nitrogens with zero attached hydrogens (tertiary/aromatic N) is 3. The van der Waals surface area contributed by atoms with Gasteiger partial charge >= 0.3 is 0 Å². The molecule has 3 rings (SSSR count). The molecule has 0 aliphatic heterocycles. The molecule has 0 aliphatic carbocycles. The van der Waals surface area contributed by atoms with Gasteiger partial charge in [-0.25, -0.2) is 9.37 Å². The van der Waals surface area contributed by atoms with Crippen LogP contribution in [0.2, 0.25) is 0 Å². The van der Waals surface area contributed by atoms with Crippen LogP contribution in [0, 0.1) is 9.39 Å². The normalized spacial score (nSPS) is 11.9.